The van der Waals surface area contributed by atoms with Gasteiger partial charge in [-0.3, -0.25) is 4.90 Å². The van der Waals surface area contributed by atoms with Gasteiger partial charge in [0.25, 0.3) is 0 Å². The standard InChI is InChI=1S/C22H24FN3O2/c1-28-15-6-7-16-18(8-15)25-21-19(10-27)24-11-22(20(16)21)12-26(13-22)9-14-4-2-3-5-17(14)23/h2-8,19,24-25,27H,9-13H2,1H3/t19-/m1/s1. The maximum absolute atomic E-state index is 14.0. The molecule has 0 saturated carbocycles. The van der Waals surface area contributed by atoms with Gasteiger partial charge in [0, 0.05) is 59.8 Å². The summed E-state index contributed by atoms with van der Waals surface area (Å²) in [6.07, 6.45) is 0. The first-order valence-corrected chi connectivity index (χ1v) is 9.64. The zero-order chi connectivity index (χ0) is 19.3. The quantitative estimate of drug-likeness (QED) is 0.650. The molecule has 1 atom stereocenters. The van der Waals surface area contributed by atoms with Crippen LogP contribution in [0.5, 0.6) is 5.75 Å². The Balaban J connectivity index is 1.49. The molecule has 6 heteroatoms. The van der Waals surface area contributed by atoms with E-state index >= 15 is 0 Å². The molecule has 0 bridgehead atoms. The molecule has 1 aromatic heterocycles. The fourth-order valence-corrected chi connectivity index (χ4v) is 4.88. The molecule has 1 saturated heterocycles. The van der Waals surface area contributed by atoms with Crippen LogP contribution in [0.15, 0.2) is 42.5 Å². The van der Waals surface area contributed by atoms with Gasteiger partial charge in [-0.25, -0.2) is 4.39 Å². The van der Waals surface area contributed by atoms with Crippen LogP contribution in [0, 0.1) is 5.82 Å². The number of aromatic amines is 1. The summed E-state index contributed by atoms with van der Waals surface area (Å²) in [5.74, 6) is 0.661. The van der Waals surface area contributed by atoms with Crippen LogP contribution in [-0.4, -0.2) is 48.3 Å². The molecule has 5 nitrogen and oxygen atoms in total. The Morgan fingerprint density at radius 2 is 2.07 bits per heavy atom. The average molecular weight is 381 g/mol. The minimum absolute atomic E-state index is 0.0287. The van der Waals surface area contributed by atoms with E-state index in [4.69, 9.17) is 4.74 Å². The molecule has 5 rings (SSSR count). The number of ether oxygens (including phenoxy) is 1. The van der Waals surface area contributed by atoms with Crippen LogP contribution < -0.4 is 10.1 Å². The number of aliphatic hydroxyl groups excluding tert-OH is 1. The van der Waals surface area contributed by atoms with E-state index in [2.05, 4.69) is 21.3 Å². The lowest BCUT2D eigenvalue weighted by molar-refractivity contribution is 0.0440. The van der Waals surface area contributed by atoms with Crippen molar-refractivity contribution in [2.75, 3.05) is 33.4 Å². The van der Waals surface area contributed by atoms with Gasteiger partial charge >= 0.3 is 0 Å². The van der Waals surface area contributed by atoms with Gasteiger partial charge in [-0.15, -0.1) is 0 Å². The second-order valence-electron chi connectivity index (χ2n) is 7.96. The maximum Gasteiger partial charge on any atom is 0.127 e. The summed E-state index contributed by atoms with van der Waals surface area (Å²) < 4.78 is 19.4. The van der Waals surface area contributed by atoms with E-state index in [1.165, 1.54) is 17.0 Å². The maximum atomic E-state index is 14.0. The Morgan fingerprint density at radius 3 is 2.82 bits per heavy atom. The topological polar surface area (TPSA) is 60.5 Å². The molecule has 1 fully saturated rings. The first-order chi connectivity index (χ1) is 13.6. The number of hydrogen-bond acceptors (Lipinski definition) is 4. The lowest BCUT2D eigenvalue weighted by Crippen LogP contribution is -2.65. The zero-order valence-electron chi connectivity index (χ0n) is 15.8. The van der Waals surface area contributed by atoms with E-state index in [9.17, 15) is 9.50 Å². The van der Waals surface area contributed by atoms with Crippen molar-refractivity contribution in [3.05, 3.63) is 65.1 Å². The van der Waals surface area contributed by atoms with Gasteiger partial charge in [-0.2, -0.15) is 0 Å². The third-order valence-corrected chi connectivity index (χ3v) is 6.19. The van der Waals surface area contributed by atoms with Gasteiger partial charge in [-0.1, -0.05) is 18.2 Å². The first-order valence-electron chi connectivity index (χ1n) is 9.64. The number of aliphatic hydroxyl groups is 1. The van der Waals surface area contributed by atoms with Crippen molar-refractivity contribution < 1.29 is 14.2 Å². The number of H-pyrrole nitrogens is 1. The number of nitrogens with one attached hydrogen (secondary N) is 2. The molecule has 0 amide bonds. The highest BCUT2D eigenvalue weighted by Crippen LogP contribution is 2.45. The van der Waals surface area contributed by atoms with Crippen molar-refractivity contribution in [3.8, 4) is 5.75 Å². The molecule has 2 aromatic carbocycles. The Hall–Kier alpha value is -2.41. The van der Waals surface area contributed by atoms with Crippen molar-refractivity contribution in [2.45, 2.75) is 18.0 Å². The lowest BCUT2D eigenvalue weighted by Gasteiger charge is -2.53. The number of aromatic nitrogens is 1. The summed E-state index contributed by atoms with van der Waals surface area (Å²) >= 11 is 0. The van der Waals surface area contributed by atoms with E-state index in [0.717, 1.165) is 42.2 Å². The third kappa shape index (κ3) is 2.64. The summed E-state index contributed by atoms with van der Waals surface area (Å²) in [4.78, 5) is 5.79. The molecule has 3 heterocycles. The molecule has 28 heavy (non-hydrogen) atoms. The van der Waals surface area contributed by atoms with Crippen molar-refractivity contribution in [1.29, 1.82) is 0 Å². The van der Waals surface area contributed by atoms with Crippen LogP contribution >= 0.6 is 0 Å². The molecule has 1 spiro atoms. The highest BCUT2D eigenvalue weighted by Gasteiger charge is 2.50. The first kappa shape index (κ1) is 17.7. The van der Waals surface area contributed by atoms with Gasteiger partial charge in [0.15, 0.2) is 0 Å². The second-order valence-corrected chi connectivity index (χ2v) is 7.96. The van der Waals surface area contributed by atoms with Crippen molar-refractivity contribution >= 4 is 10.9 Å². The summed E-state index contributed by atoms with van der Waals surface area (Å²) in [6, 6.07) is 13.0. The minimum Gasteiger partial charge on any atom is -0.497 e. The third-order valence-electron chi connectivity index (χ3n) is 6.19. The van der Waals surface area contributed by atoms with Gasteiger partial charge in [0.2, 0.25) is 0 Å². The van der Waals surface area contributed by atoms with Crippen LogP contribution in [0.3, 0.4) is 0 Å². The highest BCUT2D eigenvalue weighted by atomic mass is 19.1. The monoisotopic (exact) mass is 381 g/mol. The van der Waals surface area contributed by atoms with E-state index in [1.807, 2.05) is 24.3 Å². The number of nitrogens with zero attached hydrogens (tertiary/aromatic N) is 1. The molecule has 0 radical (unpaired) electrons. The Kier molecular flexibility index (Phi) is 4.16. The average Bonchev–Trinajstić information content (AvgIpc) is 3.07. The molecule has 2 aliphatic rings. The highest BCUT2D eigenvalue weighted by molar-refractivity contribution is 5.88. The summed E-state index contributed by atoms with van der Waals surface area (Å²) in [7, 11) is 1.66. The second kappa shape index (κ2) is 6.58. The van der Waals surface area contributed by atoms with Crippen molar-refractivity contribution in [1.82, 2.24) is 15.2 Å². The predicted octanol–water partition coefficient (Wildman–Crippen LogP) is 2.71. The van der Waals surface area contributed by atoms with Gasteiger partial charge in [-0.05, 0) is 23.8 Å². The summed E-state index contributed by atoms with van der Waals surface area (Å²) in [5, 5.41) is 14.5. The minimum atomic E-state index is -0.148. The molecule has 3 N–H and O–H groups in total. The lowest BCUT2D eigenvalue weighted by atomic mass is 9.69. The summed E-state index contributed by atoms with van der Waals surface area (Å²) in [5.41, 5.74) is 4.07. The molecule has 2 aliphatic heterocycles. The van der Waals surface area contributed by atoms with Crippen LogP contribution in [0.2, 0.25) is 0 Å². The van der Waals surface area contributed by atoms with Crippen LogP contribution in [0.1, 0.15) is 22.9 Å². The smallest absolute Gasteiger partial charge is 0.127 e. The fraction of sp³-hybridized carbons (Fsp3) is 0.364. The Morgan fingerprint density at radius 1 is 1.25 bits per heavy atom. The number of rotatable bonds is 4. The number of benzene rings is 2. The van der Waals surface area contributed by atoms with E-state index in [0.29, 0.717) is 6.54 Å². The van der Waals surface area contributed by atoms with Crippen molar-refractivity contribution in [2.24, 2.45) is 0 Å². The molecule has 0 aliphatic carbocycles. The number of methoxy groups -OCH3 is 1. The van der Waals surface area contributed by atoms with Gasteiger partial charge < -0.3 is 20.1 Å². The van der Waals surface area contributed by atoms with E-state index in [-0.39, 0.29) is 23.9 Å². The number of hydrogen-bond donors (Lipinski definition) is 3. The van der Waals surface area contributed by atoms with Gasteiger partial charge in [0.05, 0.1) is 19.8 Å². The Bertz CT molecular complexity index is 1030. The Labute approximate surface area is 163 Å². The van der Waals surface area contributed by atoms with E-state index < -0.39 is 0 Å². The molecule has 3 aromatic rings. The molecular weight excluding hydrogens is 357 g/mol. The van der Waals surface area contributed by atoms with Crippen LogP contribution in [0.4, 0.5) is 4.39 Å². The van der Waals surface area contributed by atoms with Crippen molar-refractivity contribution in [3.63, 3.8) is 0 Å². The number of fused-ring (bicyclic) bond motifs is 4. The largest absolute Gasteiger partial charge is 0.497 e. The van der Waals surface area contributed by atoms with Crippen LogP contribution in [-0.2, 0) is 12.0 Å². The number of halogens is 1. The fourth-order valence-electron chi connectivity index (χ4n) is 4.88. The normalized spacial score (nSPS) is 20.9. The molecule has 146 valence electrons. The summed E-state index contributed by atoms with van der Waals surface area (Å²) in [6.45, 7) is 3.18. The van der Waals surface area contributed by atoms with E-state index in [1.54, 1.807) is 13.2 Å². The SMILES string of the molecule is COc1ccc2c3c([nH]c2c1)[C@@H](CO)NCC31CN(Cc2ccccc2F)C1. The van der Waals surface area contributed by atoms with Gasteiger partial charge in [0.1, 0.15) is 11.6 Å². The molecule has 0 unspecified atom stereocenters. The zero-order valence-corrected chi connectivity index (χ0v) is 15.8. The molecular formula is C22H24FN3O2. The number of likely N-dealkylation sites (tertiary alicyclic amines) is 1. The predicted molar refractivity (Wildman–Crippen MR) is 106 cm³/mol. The van der Waals surface area contributed by atoms with Crippen LogP contribution in [0.25, 0.3) is 10.9 Å².